The molecule has 0 amide bonds. The van der Waals surface area contributed by atoms with Crippen LogP contribution in [0.4, 0.5) is 13.2 Å². The molecule has 1 aromatic carbocycles. The van der Waals surface area contributed by atoms with Crippen LogP contribution >= 0.6 is 11.6 Å². The quantitative estimate of drug-likeness (QED) is 0.477. The number of phenolic OH excluding ortho intramolecular Hbond substituents is 1. The second-order valence-corrected chi connectivity index (χ2v) is 7.88. The first-order valence-corrected chi connectivity index (χ1v) is 9.60. The van der Waals surface area contributed by atoms with E-state index in [4.69, 9.17) is 11.6 Å². The number of alkyl halides is 3. The number of aromatic hydroxyl groups is 1. The van der Waals surface area contributed by atoms with Gasteiger partial charge in [0.05, 0.1) is 5.02 Å². The van der Waals surface area contributed by atoms with Crippen molar-refractivity contribution in [2.24, 2.45) is 5.92 Å². The van der Waals surface area contributed by atoms with Gasteiger partial charge in [-0.25, -0.2) is 9.38 Å². The third-order valence-corrected chi connectivity index (χ3v) is 5.11. The fourth-order valence-electron chi connectivity index (χ4n) is 3.45. The number of aryl methyl sites for hydroxylation is 1. The highest BCUT2D eigenvalue weighted by Crippen LogP contribution is 2.33. The lowest BCUT2D eigenvalue weighted by molar-refractivity contribution is -0.682. The van der Waals surface area contributed by atoms with Crippen LogP contribution in [0, 0.1) is 12.8 Å². The van der Waals surface area contributed by atoms with Gasteiger partial charge in [-0.2, -0.15) is 17.7 Å². The minimum atomic E-state index is -4.61. The molecule has 3 aromatic heterocycles. The average Bonchev–Trinajstić information content (AvgIpc) is 3.11. The van der Waals surface area contributed by atoms with Crippen molar-refractivity contribution < 1.29 is 22.8 Å². The Morgan fingerprint density at radius 2 is 1.87 bits per heavy atom. The van der Waals surface area contributed by atoms with Gasteiger partial charge in [0.15, 0.2) is 12.4 Å². The molecular weight excluding hydrogens is 419 g/mol. The van der Waals surface area contributed by atoms with E-state index < -0.39 is 11.9 Å². The molecule has 4 aromatic rings. The van der Waals surface area contributed by atoms with Crippen molar-refractivity contribution in [2.45, 2.75) is 33.5 Å². The van der Waals surface area contributed by atoms with Crippen molar-refractivity contribution in [3.05, 3.63) is 46.7 Å². The van der Waals surface area contributed by atoms with Crippen molar-refractivity contribution in [3.8, 4) is 17.1 Å². The predicted octanol–water partition coefficient (Wildman–Crippen LogP) is 4.57. The lowest BCUT2D eigenvalue weighted by Crippen LogP contribution is -2.41. The van der Waals surface area contributed by atoms with Gasteiger partial charge in [-0.3, -0.25) is 0 Å². The molecule has 1 N–H and O–H groups in total. The van der Waals surface area contributed by atoms with Gasteiger partial charge in [0.1, 0.15) is 11.4 Å². The molecule has 0 spiro atoms. The Morgan fingerprint density at radius 3 is 2.53 bits per heavy atom. The Morgan fingerprint density at radius 1 is 1.13 bits per heavy atom. The molecule has 0 unspecified atom stereocenters. The van der Waals surface area contributed by atoms with E-state index in [2.05, 4.69) is 15.2 Å². The number of nitrogens with zero attached hydrogens (tertiary/aromatic N) is 5. The Kier molecular flexibility index (Phi) is 4.80. The topological polar surface area (TPSA) is 67.2 Å². The van der Waals surface area contributed by atoms with Gasteiger partial charge < -0.3 is 5.11 Å². The van der Waals surface area contributed by atoms with E-state index in [-0.39, 0.29) is 28.2 Å². The molecule has 0 saturated carbocycles. The number of hydrogen-bond donors (Lipinski definition) is 1. The molecule has 0 fully saturated rings. The fourth-order valence-corrected chi connectivity index (χ4v) is 3.66. The summed E-state index contributed by atoms with van der Waals surface area (Å²) in [6.45, 7) is 6.43. The molecular formula is C20H18ClF3N5O+. The van der Waals surface area contributed by atoms with Crippen LogP contribution in [0.1, 0.15) is 25.2 Å². The van der Waals surface area contributed by atoms with Crippen LogP contribution in [0.25, 0.3) is 28.2 Å². The maximum atomic E-state index is 13.4. The van der Waals surface area contributed by atoms with Crippen molar-refractivity contribution in [3.63, 3.8) is 0 Å². The van der Waals surface area contributed by atoms with Crippen molar-refractivity contribution in [1.82, 2.24) is 19.6 Å². The molecule has 0 bridgehead atoms. The molecule has 0 aliphatic rings. The van der Waals surface area contributed by atoms with Crippen LogP contribution in [0.3, 0.4) is 0 Å². The van der Waals surface area contributed by atoms with Gasteiger partial charge in [0.2, 0.25) is 22.5 Å². The summed E-state index contributed by atoms with van der Waals surface area (Å²) >= 11 is 6.29. The van der Waals surface area contributed by atoms with E-state index in [1.807, 2.05) is 25.3 Å². The molecule has 0 saturated heterocycles. The number of fused-ring (bicyclic) bond motifs is 3. The first kappa shape index (κ1) is 20.3. The van der Waals surface area contributed by atoms with Crippen LogP contribution in [-0.2, 0) is 12.7 Å². The Labute approximate surface area is 174 Å². The van der Waals surface area contributed by atoms with Gasteiger partial charge in [-0.05, 0) is 24.3 Å². The molecule has 0 radical (unpaired) electrons. The first-order chi connectivity index (χ1) is 14.1. The number of aromatic nitrogens is 5. The lowest BCUT2D eigenvalue weighted by Gasteiger charge is -2.12. The van der Waals surface area contributed by atoms with Crippen LogP contribution in [0.5, 0.6) is 5.75 Å². The standard InChI is InChI=1S/C20H17ClF3N5O/c1-10(2)9-28-11(3)17-26-27-18(13-8-12(30)4-5-14(13)21)29(17)19-15(28)6-7-16(25-19)20(22,23)24/h4-8,10H,9H2,1-3H3/p+1. The van der Waals surface area contributed by atoms with E-state index in [0.29, 0.717) is 23.3 Å². The molecule has 0 aliphatic carbocycles. The van der Waals surface area contributed by atoms with Crippen LogP contribution in [-0.4, -0.2) is 24.7 Å². The van der Waals surface area contributed by atoms with Gasteiger partial charge in [-0.15, -0.1) is 10.2 Å². The summed E-state index contributed by atoms with van der Waals surface area (Å²) in [7, 11) is 0. The summed E-state index contributed by atoms with van der Waals surface area (Å²) in [6, 6.07) is 6.67. The highest BCUT2D eigenvalue weighted by Gasteiger charge is 2.35. The number of phenols is 1. The van der Waals surface area contributed by atoms with Crippen molar-refractivity contribution >= 4 is 28.4 Å². The molecule has 0 atom stereocenters. The highest BCUT2D eigenvalue weighted by molar-refractivity contribution is 6.33. The third-order valence-electron chi connectivity index (χ3n) is 4.78. The van der Waals surface area contributed by atoms with E-state index in [1.165, 1.54) is 28.7 Å². The summed E-state index contributed by atoms with van der Waals surface area (Å²) in [5.41, 5.74) is 0.991. The number of hydrogen-bond acceptors (Lipinski definition) is 4. The SMILES string of the molecule is Cc1c2nnc(-c3cc(O)ccc3Cl)n2c2nc(C(F)(F)F)ccc2[n+]1CC(C)C. The van der Waals surface area contributed by atoms with Gasteiger partial charge in [0, 0.05) is 24.5 Å². The normalized spacial score (nSPS) is 12.4. The van der Waals surface area contributed by atoms with Crippen molar-refractivity contribution in [1.29, 1.82) is 0 Å². The fraction of sp³-hybridized carbons (Fsp3) is 0.300. The largest absolute Gasteiger partial charge is 0.508 e. The van der Waals surface area contributed by atoms with E-state index in [0.717, 1.165) is 11.8 Å². The summed E-state index contributed by atoms with van der Waals surface area (Å²) in [4.78, 5) is 3.93. The summed E-state index contributed by atoms with van der Waals surface area (Å²) in [5, 5.41) is 18.5. The van der Waals surface area contributed by atoms with Crippen molar-refractivity contribution in [2.75, 3.05) is 0 Å². The molecule has 30 heavy (non-hydrogen) atoms. The minimum Gasteiger partial charge on any atom is -0.508 e. The number of benzene rings is 1. The van der Waals surface area contributed by atoms with Crippen LogP contribution in [0.15, 0.2) is 30.3 Å². The third kappa shape index (κ3) is 3.32. The smallest absolute Gasteiger partial charge is 0.433 e. The Bertz CT molecular complexity index is 1280. The maximum absolute atomic E-state index is 13.4. The van der Waals surface area contributed by atoms with Crippen LogP contribution in [0.2, 0.25) is 5.02 Å². The number of pyridine rings is 1. The van der Waals surface area contributed by atoms with E-state index in [1.54, 1.807) is 0 Å². The van der Waals surface area contributed by atoms with E-state index >= 15 is 0 Å². The Hall–Kier alpha value is -2.94. The molecule has 10 heteroatoms. The second-order valence-electron chi connectivity index (χ2n) is 7.47. The summed E-state index contributed by atoms with van der Waals surface area (Å²) in [6.07, 6.45) is -4.61. The molecule has 4 rings (SSSR count). The predicted molar refractivity (Wildman–Crippen MR) is 105 cm³/mol. The zero-order valence-electron chi connectivity index (χ0n) is 16.4. The summed E-state index contributed by atoms with van der Waals surface area (Å²) in [5.74, 6) is 0.383. The Balaban J connectivity index is 2.16. The molecule has 3 heterocycles. The average molecular weight is 437 g/mol. The van der Waals surface area contributed by atoms with Gasteiger partial charge in [-0.1, -0.05) is 25.4 Å². The lowest BCUT2D eigenvalue weighted by atomic mass is 10.2. The van der Waals surface area contributed by atoms with Gasteiger partial charge >= 0.3 is 6.18 Å². The molecule has 6 nitrogen and oxygen atoms in total. The monoisotopic (exact) mass is 436 g/mol. The number of rotatable bonds is 3. The van der Waals surface area contributed by atoms with Crippen LogP contribution < -0.4 is 4.57 Å². The zero-order valence-corrected chi connectivity index (χ0v) is 17.1. The molecule has 156 valence electrons. The molecule has 0 aliphatic heterocycles. The summed E-state index contributed by atoms with van der Waals surface area (Å²) < 4.78 is 43.6. The highest BCUT2D eigenvalue weighted by atomic mass is 35.5. The second kappa shape index (κ2) is 7.09. The number of halogens is 4. The van der Waals surface area contributed by atoms with Gasteiger partial charge in [0.25, 0.3) is 0 Å². The maximum Gasteiger partial charge on any atom is 0.433 e. The zero-order chi connectivity index (χ0) is 21.8. The minimum absolute atomic E-state index is 0.0538. The van der Waals surface area contributed by atoms with E-state index in [9.17, 15) is 18.3 Å². The first-order valence-electron chi connectivity index (χ1n) is 9.22.